The average molecular weight is 304 g/mol. The predicted molar refractivity (Wildman–Crippen MR) is 92.7 cm³/mol. The summed E-state index contributed by atoms with van der Waals surface area (Å²) in [7, 11) is 0. The molecular formula is C18H32N4. The molecule has 0 aromatic carbocycles. The number of nitrogens with one attached hydrogen (secondary N) is 1. The van der Waals surface area contributed by atoms with Gasteiger partial charge in [-0.25, -0.2) is 9.97 Å². The van der Waals surface area contributed by atoms with E-state index in [0.717, 1.165) is 6.54 Å². The summed E-state index contributed by atoms with van der Waals surface area (Å²) in [5, 5.41) is 0. The molecule has 1 N–H and O–H groups in total. The van der Waals surface area contributed by atoms with Crippen molar-refractivity contribution in [2.75, 3.05) is 0 Å². The van der Waals surface area contributed by atoms with Crippen LogP contribution in [0.25, 0.3) is 0 Å². The Balaban J connectivity index is 0.000000406. The minimum atomic E-state index is 1.14. The van der Waals surface area contributed by atoms with E-state index in [1.54, 1.807) is 18.7 Å². The molecule has 0 unspecified atom stereocenters. The first-order chi connectivity index (χ1) is 10.9. The minimum Gasteiger partial charge on any atom is -0.351 e. The summed E-state index contributed by atoms with van der Waals surface area (Å²) in [6, 6.07) is 0. The molecule has 0 saturated carbocycles. The van der Waals surface area contributed by atoms with Crippen molar-refractivity contribution in [3.8, 4) is 0 Å². The van der Waals surface area contributed by atoms with Crippen molar-refractivity contribution in [2.24, 2.45) is 0 Å². The maximum Gasteiger partial charge on any atom is 0.0945 e. The molecule has 0 spiro atoms. The Morgan fingerprint density at radius 3 is 1.95 bits per heavy atom. The average Bonchev–Trinajstić information content (AvgIpc) is 3.25. The standard InChI is InChI=1S/C15H28N2.C3H4N2/c1-2-3-4-5-6-7-8-9-10-11-13-17-14-12-16-15-17;1-2-5-3-4-1/h12,14-15H,2-11,13H2,1H3;1-3H,(H,4,5). The van der Waals surface area contributed by atoms with Crippen molar-refractivity contribution in [1.29, 1.82) is 0 Å². The molecule has 0 amide bonds. The number of rotatable bonds is 11. The number of imidazole rings is 2. The summed E-state index contributed by atoms with van der Waals surface area (Å²) in [5.74, 6) is 0. The summed E-state index contributed by atoms with van der Waals surface area (Å²) >= 11 is 0. The van der Waals surface area contributed by atoms with Gasteiger partial charge in [0.2, 0.25) is 0 Å². The van der Waals surface area contributed by atoms with E-state index in [9.17, 15) is 0 Å². The molecule has 4 heteroatoms. The van der Waals surface area contributed by atoms with Gasteiger partial charge in [-0.1, -0.05) is 64.7 Å². The highest BCUT2D eigenvalue weighted by Gasteiger charge is 1.93. The number of aromatic amines is 1. The largest absolute Gasteiger partial charge is 0.351 e. The molecule has 0 aliphatic carbocycles. The van der Waals surface area contributed by atoms with Crippen LogP contribution in [0.4, 0.5) is 0 Å². The molecular weight excluding hydrogens is 272 g/mol. The predicted octanol–water partition coefficient (Wildman–Crippen LogP) is 5.21. The lowest BCUT2D eigenvalue weighted by atomic mass is 10.1. The zero-order valence-corrected chi connectivity index (χ0v) is 14.1. The topological polar surface area (TPSA) is 46.5 Å². The molecule has 0 saturated heterocycles. The van der Waals surface area contributed by atoms with E-state index in [-0.39, 0.29) is 0 Å². The van der Waals surface area contributed by atoms with Crippen LogP contribution in [-0.4, -0.2) is 19.5 Å². The van der Waals surface area contributed by atoms with Crippen LogP contribution in [0.5, 0.6) is 0 Å². The van der Waals surface area contributed by atoms with E-state index in [4.69, 9.17) is 0 Å². The number of aromatic nitrogens is 4. The normalized spacial score (nSPS) is 10.2. The van der Waals surface area contributed by atoms with Crippen molar-refractivity contribution in [3.05, 3.63) is 37.4 Å². The molecule has 2 aromatic rings. The molecule has 4 nitrogen and oxygen atoms in total. The van der Waals surface area contributed by atoms with Crippen molar-refractivity contribution >= 4 is 0 Å². The number of hydrogen-bond acceptors (Lipinski definition) is 2. The second kappa shape index (κ2) is 14.4. The molecule has 0 bridgehead atoms. The van der Waals surface area contributed by atoms with Gasteiger partial charge in [0, 0.05) is 31.3 Å². The van der Waals surface area contributed by atoms with Gasteiger partial charge in [0.25, 0.3) is 0 Å². The molecule has 0 aliphatic heterocycles. The van der Waals surface area contributed by atoms with Crippen molar-refractivity contribution in [3.63, 3.8) is 0 Å². The minimum absolute atomic E-state index is 1.14. The fourth-order valence-electron chi connectivity index (χ4n) is 2.42. The van der Waals surface area contributed by atoms with Gasteiger partial charge < -0.3 is 9.55 Å². The molecule has 0 aliphatic rings. The number of H-pyrrole nitrogens is 1. The Morgan fingerprint density at radius 1 is 0.818 bits per heavy atom. The van der Waals surface area contributed by atoms with Gasteiger partial charge in [0.1, 0.15) is 0 Å². The van der Waals surface area contributed by atoms with Crippen LogP contribution in [0.1, 0.15) is 71.1 Å². The zero-order valence-electron chi connectivity index (χ0n) is 14.1. The highest BCUT2D eigenvalue weighted by molar-refractivity contribution is 4.73. The Bertz CT molecular complexity index is 377. The number of nitrogens with zero attached hydrogens (tertiary/aromatic N) is 3. The molecule has 2 heterocycles. The second-order valence-electron chi connectivity index (χ2n) is 5.74. The molecule has 124 valence electrons. The van der Waals surface area contributed by atoms with Crippen LogP contribution in [0, 0.1) is 0 Å². The van der Waals surface area contributed by atoms with Crippen molar-refractivity contribution in [1.82, 2.24) is 19.5 Å². The van der Waals surface area contributed by atoms with Crippen LogP contribution < -0.4 is 0 Å². The van der Waals surface area contributed by atoms with E-state index < -0.39 is 0 Å². The lowest BCUT2D eigenvalue weighted by Gasteiger charge is -2.03. The van der Waals surface area contributed by atoms with Gasteiger partial charge in [-0.2, -0.15) is 0 Å². The molecule has 2 rings (SSSR count). The Kier molecular flexibility index (Phi) is 12.1. The van der Waals surface area contributed by atoms with Gasteiger partial charge in [-0.3, -0.25) is 0 Å². The lowest BCUT2D eigenvalue weighted by molar-refractivity contribution is 0.534. The quantitative estimate of drug-likeness (QED) is 0.579. The molecule has 0 fully saturated rings. The van der Waals surface area contributed by atoms with Crippen molar-refractivity contribution < 1.29 is 0 Å². The number of unbranched alkanes of at least 4 members (excludes halogenated alkanes) is 9. The van der Waals surface area contributed by atoms with Crippen LogP contribution in [0.15, 0.2) is 37.4 Å². The molecule has 0 radical (unpaired) electrons. The van der Waals surface area contributed by atoms with E-state index in [2.05, 4.69) is 26.4 Å². The number of hydrogen-bond donors (Lipinski definition) is 1. The van der Waals surface area contributed by atoms with Crippen LogP contribution in [-0.2, 0) is 6.54 Å². The summed E-state index contributed by atoms with van der Waals surface area (Å²) in [6.07, 6.45) is 24.9. The lowest BCUT2D eigenvalue weighted by Crippen LogP contribution is -1.93. The van der Waals surface area contributed by atoms with Gasteiger partial charge in [-0.05, 0) is 6.42 Å². The summed E-state index contributed by atoms with van der Waals surface area (Å²) < 4.78 is 2.17. The van der Waals surface area contributed by atoms with Crippen LogP contribution in [0.2, 0.25) is 0 Å². The molecule has 22 heavy (non-hydrogen) atoms. The number of aryl methyl sites for hydroxylation is 1. The van der Waals surface area contributed by atoms with Gasteiger partial charge in [-0.15, -0.1) is 0 Å². The monoisotopic (exact) mass is 304 g/mol. The maximum atomic E-state index is 4.05. The second-order valence-corrected chi connectivity index (χ2v) is 5.74. The first kappa shape index (κ1) is 18.5. The summed E-state index contributed by atoms with van der Waals surface area (Å²) in [6.45, 7) is 3.41. The maximum absolute atomic E-state index is 4.05. The van der Waals surface area contributed by atoms with Crippen LogP contribution in [0.3, 0.4) is 0 Å². The third-order valence-electron chi connectivity index (χ3n) is 3.73. The fraction of sp³-hybridized carbons (Fsp3) is 0.667. The summed E-state index contributed by atoms with van der Waals surface area (Å²) in [5.41, 5.74) is 0. The van der Waals surface area contributed by atoms with Crippen LogP contribution >= 0.6 is 0 Å². The highest BCUT2D eigenvalue weighted by Crippen LogP contribution is 2.10. The Labute approximate surface area is 135 Å². The zero-order chi connectivity index (χ0) is 15.7. The Morgan fingerprint density at radius 2 is 1.50 bits per heavy atom. The highest BCUT2D eigenvalue weighted by atomic mass is 15.0. The summed E-state index contributed by atoms with van der Waals surface area (Å²) in [4.78, 5) is 10.5. The van der Waals surface area contributed by atoms with Crippen molar-refractivity contribution in [2.45, 2.75) is 77.7 Å². The van der Waals surface area contributed by atoms with E-state index in [0.29, 0.717) is 0 Å². The fourth-order valence-corrected chi connectivity index (χ4v) is 2.42. The smallest absolute Gasteiger partial charge is 0.0945 e. The van der Waals surface area contributed by atoms with E-state index >= 15 is 0 Å². The first-order valence-electron chi connectivity index (χ1n) is 8.82. The van der Waals surface area contributed by atoms with Gasteiger partial charge in [0.15, 0.2) is 0 Å². The van der Waals surface area contributed by atoms with Gasteiger partial charge in [0.05, 0.1) is 12.7 Å². The molecule has 2 aromatic heterocycles. The molecule has 0 atom stereocenters. The SMILES string of the molecule is CCCCCCCCCCCCn1ccnc1.c1c[nH]cn1. The van der Waals surface area contributed by atoms with E-state index in [1.165, 1.54) is 64.2 Å². The Hall–Kier alpha value is -1.58. The third-order valence-corrected chi connectivity index (χ3v) is 3.73. The third kappa shape index (κ3) is 11.1. The van der Waals surface area contributed by atoms with Gasteiger partial charge >= 0.3 is 0 Å². The van der Waals surface area contributed by atoms with E-state index in [1.807, 2.05) is 18.7 Å². The first-order valence-corrected chi connectivity index (χ1v) is 8.82.